The molecular weight excluding hydrogens is 218 g/mol. The molecule has 4 nitrogen and oxygen atoms in total. The van der Waals surface area contributed by atoms with Crippen molar-refractivity contribution in [1.29, 1.82) is 0 Å². The van der Waals surface area contributed by atoms with Gasteiger partial charge in [-0.15, -0.1) is 0 Å². The van der Waals surface area contributed by atoms with E-state index in [2.05, 4.69) is 6.92 Å². The summed E-state index contributed by atoms with van der Waals surface area (Å²) in [5.41, 5.74) is 1.89. The van der Waals surface area contributed by atoms with Crippen LogP contribution in [-0.4, -0.2) is 17.8 Å². The minimum atomic E-state index is -1.13. The van der Waals surface area contributed by atoms with E-state index in [4.69, 9.17) is 9.94 Å². The topological polar surface area (TPSA) is 58.6 Å². The van der Waals surface area contributed by atoms with E-state index in [1.807, 2.05) is 5.48 Å². The van der Waals surface area contributed by atoms with E-state index >= 15 is 0 Å². The Morgan fingerprint density at radius 2 is 1.41 bits per heavy atom. The van der Waals surface area contributed by atoms with Crippen LogP contribution in [0.2, 0.25) is 0 Å². The van der Waals surface area contributed by atoms with Crippen LogP contribution in [0.15, 0.2) is 0 Å². The first kappa shape index (κ1) is 16.2. The van der Waals surface area contributed by atoms with Crippen LogP contribution < -0.4 is 5.48 Å². The number of hydroxylamine groups is 1. The summed E-state index contributed by atoms with van der Waals surface area (Å²) >= 11 is 0. The quantitative estimate of drug-likeness (QED) is 0.402. The highest BCUT2D eigenvalue weighted by molar-refractivity contribution is 5.62. The van der Waals surface area contributed by atoms with Gasteiger partial charge in [-0.2, -0.15) is 5.48 Å². The van der Waals surface area contributed by atoms with Gasteiger partial charge in [-0.25, -0.2) is 4.79 Å². The van der Waals surface area contributed by atoms with Gasteiger partial charge in [0.25, 0.3) is 0 Å². The molecule has 0 aliphatic carbocycles. The van der Waals surface area contributed by atoms with Crippen LogP contribution in [0.5, 0.6) is 0 Å². The normalized spacial score (nSPS) is 10.4. The molecule has 0 aliphatic rings. The van der Waals surface area contributed by atoms with Crippen LogP contribution in [0.4, 0.5) is 4.79 Å². The third-order valence-electron chi connectivity index (χ3n) is 2.76. The standard InChI is InChI=1S/C13H27NO3/c1-2-3-4-5-6-7-8-9-10-11-12-17-14-13(15)16/h14H,2-12H2,1H3,(H,15,16). The van der Waals surface area contributed by atoms with Crippen molar-refractivity contribution in [2.75, 3.05) is 6.61 Å². The Morgan fingerprint density at radius 1 is 0.941 bits per heavy atom. The predicted molar refractivity (Wildman–Crippen MR) is 69.0 cm³/mol. The van der Waals surface area contributed by atoms with Crippen molar-refractivity contribution in [1.82, 2.24) is 5.48 Å². The largest absolute Gasteiger partial charge is 0.464 e. The van der Waals surface area contributed by atoms with Crippen molar-refractivity contribution < 1.29 is 14.7 Å². The summed E-state index contributed by atoms with van der Waals surface area (Å²) in [6.07, 6.45) is 11.6. The molecular formula is C13H27NO3. The van der Waals surface area contributed by atoms with E-state index in [0.29, 0.717) is 6.61 Å². The second-order valence-corrected chi connectivity index (χ2v) is 4.44. The molecule has 0 radical (unpaired) electrons. The van der Waals surface area contributed by atoms with Crippen molar-refractivity contribution in [3.05, 3.63) is 0 Å². The summed E-state index contributed by atoms with van der Waals surface area (Å²) in [6, 6.07) is 0. The average molecular weight is 245 g/mol. The molecule has 0 saturated heterocycles. The number of hydrogen-bond acceptors (Lipinski definition) is 2. The molecule has 0 heterocycles. The molecule has 0 aromatic heterocycles. The highest BCUT2D eigenvalue weighted by atomic mass is 16.7. The average Bonchev–Trinajstić information content (AvgIpc) is 2.30. The summed E-state index contributed by atoms with van der Waals surface area (Å²) in [4.78, 5) is 14.8. The fourth-order valence-electron chi connectivity index (χ4n) is 1.77. The smallest absolute Gasteiger partial charge is 0.428 e. The predicted octanol–water partition coefficient (Wildman–Crippen LogP) is 4.11. The van der Waals surface area contributed by atoms with Gasteiger partial charge >= 0.3 is 6.09 Å². The minimum absolute atomic E-state index is 0.475. The summed E-state index contributed by atoms with van der Waals surface area (Å²) in [5.74, 6) is 0. The van der Waals surface area contributed by atoms with Gasteiger partial charge in [-0.05, 0) is 6.42 Å². The molecule has 0 spiro atoms. The molecule has 0 fully saturated rings. The van der Waals surface area contributed by atoms with E-state index in [-0.39, 0.29) is 0 Å². The molecule has 0 atom stereocenters. The lowest BCUT2D eigenvalue weighted by molar-refractivity contribution is 0.0401. The monoisotopic (exact) mass is 245 g/mol. The number of rotatable bonds is 12. The SMILES string of the molecule is CCCCCCCCCCCCONC(=O)O. The first-order valence-electron chi connectivity index (χ1n) is 6.88. The highest BCUT2D eigenvalue weighted by Gasteiger charge is 1.94. The molecule has 0 aliphatic heterocycles. The molecule has 17 heavy (non-hydrogen) atoms. The number of amides is 1. The van der Waals surface area contributed by atoms with E-state index in [1.165, 1.54) is 51.4 Å². The molecule has 0 bridgehead atoms. The molecule has 0 rings (SSSR count). The van der Waals surface area contributed by atoms with Gasteiger partial charge in [0.15, 0.2) is 0 Å². The highest BCUT2D eigenvalue weighted by Crippen LogP contribution is 2.10. The van der Waals surface area contributed by atoms with Crippen molar-refractivity contribution in [3.63, 3.8) is 0 Å². The molecule has 102 valence electrons. The van der Waals surface area contributed by atoms with E-state index in [9.17, 15) is 4.79 Å². The van der Waals surface area contributed by atoms with Gasteiger partial charge in [0.05, 0.1) is 6.61 Å². The van der Waals surface area contributed by atoms with Crippen molar-refractivity contribution in [3.8, 4) is 0 Å². The number of carbonyl (C=O) groups is 1. The third-order valence-corrected chi connectivity index (χ3v) is 2.76. The van der Waals surface area contributed by atoms with Crippen LogP contribution in [0.25, 0.3) is 0 Å². The number of unbranched alkanes of at least 4 members (excludes halogenated alkanes) is 9. The minimum Gasteiger partial charge on any atom is -0.464 e. The van der Waals surface area contributed by atoms with Gasteiger partial charge in [-0.3, -0.25) is 4.84 Å². The zero-order chi connectivity index (χ0) is 12.8. The van der Waals surface area contributed by atoms with Crippen LogP contribution >= 0.6 is 0 Å². The van der Waals surface area contributed by atoms with Gasteiger partial charge in [0.2, 0.25) is 0 Å². The second kappa shape index (κ2) is 13.3. The maximum absolute atomic E-state index is 10.0. The van der Waals surface area contributed by atoms with Gasteiger partial charge < -0.3 is 5.11 Å². The van der Waals surface area contributed by atoms with Gasteiger partial charge in [-0.1, -0.05) is 64.7 Å². The zero-order valence-corrected chi connectivity index (χ0v) is 11.0. The Labute approximate surface area is 105 Å². The molecule has 0 aromatic rings. The molecule has 0 aromatic carbocycles. The molecule has 1 amide bonds. The Morgan fingerprint density at radius 3 is 1.88 bits per heavy atom. The lowest BCUT2D eigenvalue weighted by atomic mass is 10.1. The summed E-state index contributed by atoms with van der Waals surface area (Å²) in [7, 11) is 0. The lowest BCUT2D eigenvalue weighted by Crippen LogP contribution is -2.21. The molecule has 2 N–H and O–H groups in total. The van der Waals surface area contributed by atoms with Crippen LogP contribution in [0.3, 0.4) is 0 Å². The van der Waals surface area contributed by atoms with Crippen LogP contribution in [0, 0.1) is 0 Å². The summed E-state index contributed by atoms with van der Waals surface area (Å²) < 4.78 is 0. The first-order chi connectivity index (χ1) is 8.27. The van der Waals surface area contributed by atoms with E-state index in [0.717, 1.165) is 12.8 Å². The Bertz CT molecular complexity index is 174. The van der Waals surface area contributed by atoms with Gasteiger partial charge in [0.1, 0.15) is 0 Å². The number of nitrogens with one attached hydrogen (secondary N) is 1. The maximum Gasteiger partial charge on any atom is 0.428 e. The van der Waals surface area contributed by atoms with Crippen LogP contribution in [-0.2, 0) is 4.84 Å². The molecule has 0 unspecified atom stereocenters. The molecule has 0 saturated carbocycles. The second-order valence-electron chi connectivity index (χ2n) is 4.44. The Kier molecular flexibility index (Phi) is 12.7. The van der Waals surface area contributed by atoms with Gasteiger partial charge in [0, 0.05) is 0 Å². The number of carboxylic acid groups (broad SMARTS) is 1. The van der Waals surface area contributed by atoms with Crippen LogP contribution in [0.1, 0.15) is 71.1 Å². The third kappa shape index (κ3) is 15.2. The van der Waals surface area contributed by atoms with Crippen molar-refractivity contribution in [2.24, 2.45) is 0 Å². The van der Waals surface area contributed by atoms with E-state index < -0.39 is 6.09 Å². The zero-order valence-electron chi connectivity index (χ0n) is 11.0. The Hall–Kier alpha value is -0.770. The van der Waals surface area contributed by atoms with Crippen molar-refractivity contribution >= 4 is 6.09 Å². The first-order valence-corrected chi connectivity index (χ1v) is 6.88. The Balaban J connectivity index is 2.91. The maximum atomic E-state index is 10.0. The van der Waals surface area contributed by atoms with E-state index in [1.54, 1.807) is 0 Å². The fourth-order valence-corrected chi connectivity index (χ4v) is 1.77. The number of hydrogen-bond donors (Lipinski definition) is 2. The molecule has 4 heteroatoms. The summed E-state index contributed by atoms with van der Waals surface area (Å²) in [6.45, 7) is 2.71. The fraction of sp³-hybridized carbons (Fsp3) is 0.923. The van der Waals surface area contributed by atoms with Crippen molar-refractivity contribution in [2.45, 2.75) is 71.1 Å². The summed E-state index contributed by atoms with van der Waals surface area (Å²) in [5, 5.41) is 8.24. The lowest BCUT2D eigenvalue weighted by Gasteiger charge is -2.03.